The number of carbonyl (C=O) groups is 1. The minimum Gasteiger partial charge on any atom is -0.351 e. The van der Waals surface area contributed by atoms with Crippen LogP contribution in [0.2, 0.25) is 0 Å². The SMILES string of the molecule is CC[C@@H](CNC(=O)c1cc([N+](=O)[O-])c[nH]1)c1ccccc1. The number of H-pyrrole nitrogens is 1. The second-order valence-electron chi connectivity index (χ2n) is 4.75. The molecule has 0 aliphatic rings. The van der Waals surface area contributed by atoms with Gasteiger partial charge in [-0.1, -0.05) is 37.3 Å². The van der Waals surface area contributed by atoms with Gasteiger partial charge in [-0.3, -0.25) is 14.9 Å². The Bertz CT molecular complexity index is 622. The third-order valence-electron chi connectivity index (χ3n) is 3.40. The predicted octanol–water partition coefficient (Wildman–Crippen LogP) is 2.85. The van der Waals surface area contributed by atoms with Gasteiger partial charge >= 0.3 is 0 Å². The van der Waals surface area contributed by atoms with Crippen LogP contribution >= 0.6 is 0 Å². The van der Waals surface area contributed by atoms with Crippen LogP contribution in [0.15, 0.2) is 42.6 Å². The van der Waals surface area contributed by atoms with E-state index < -0.39 is 4.92 Å². The minimum atomic E-state index is -0.536. The Balaban J connectivity index is 1.97. The molecule has 2 aromatic rings. The summed E-state index contributed by atoms with van der Waals surface area (Å²) in [5, 5.41) is 13.4. The number of hydrogen-bond donors (Lipinski definition) is 2. The van der Waals surface area contributed by atoms with E-state index in [4.69, 9.17) is 0 Å². The van der Waals surface area contributed by atoms with Crippen molar-refractivity contribution >= 4 is 11.6 Å². The summed E-state index contributed by atoms with van der Waals surface area (Å²) in [7, 11) is 0. The third kappa shape index (κ3) is 3.68. The molecule has 6 nitrogen and oxygen atoms in total. The van der Waals surface area contributed by atoms with Crippen LogP contribution in [-0.4, -0.2) is 22.4 Å². The van der Waals surface area contributed by atoms with Crippen LogP contribution in [0.3, 0.4) is 0 Å². The van der Waals surface area contributed by atoms with Gasteiger partial charge in [-0.25, -0.2) is 0 Å². The van der Waals surface area contributed by atoms with Crippen molar-refractivity contribution in [3.8, 4) is 0 Å². The quantitative estimate of drug-likeness (QED) is 0.632. The Hall–Kier alpha value is -2.63. The van der Waals surface area contributed by atoms with Gasteiger partial charge in [-0.2, -0.15) is 0 Å². The second-order valence-corrected chi connectivity index (χ2v) is 4.75. The number of benzene rings is 1. The lowest BCUT2D eigenvalue weighted by atomic mass is 9.96. The van der Waals surface area contributed by atoms with Gasteiger partial charge in [-0.15, -0.1) is 0 Å². The number of nitrogens with zero attached hydrogens (tertiary/aromatic N) is 1. The molecule has 0 aliphatic heterocycles. The van der Waals surface area contributed by atoms with Crippen LogP contribution in [-0.2, 0) is 0 Å². The van der Waals surface area contributed by atoms with E-state index in [0.717, 1.165) is 12.0 Å². The molecule has 1 atom stereocenters. The summed E-state index contributed by atoms with van der Waals surface area (Å²) in [6.07, 6.45) is 2.11. The number of aromatic nitrogens is 1. The van der Waals surface area contributed by atoms with Gasteiger partial charge < -0.3 is 10.3 Å². The molecular weight excluding hydrogens is 270 g/mol. The molecule has 0 aliphatic carbocycles. The molecule has 21 heavy (non-hydrogen) atoms. The van der Waals surface area contributed by atoms with Crippen molar-refractivity contribution in [1.29, 1.82) is 0 Å². The number of carbonyl (C=O) groups excluding carboxylic acids is 1. The number of nitrogens with one attached hydrogen (secondary N) is 2. The van der Waals surface area contributed by atoms with Crippen molar-refractivity contribution in [3.63, 3.8) is 0 Å². The van der Waals surface area contributed by atoms with E-state index in [9.17, 15) is 14.9 Å². The van der Waals surface area contributed by atoms with E-state index in [2.05, 4.69) is 17.2 Å². The smallest absolute Gasteiger partial charge is 0.287 e. The van der Waals surface area contributed by atoms with Gasteiger partial charge in [0.15, 0.2) is 0 Å². The van der Waals surface area contributed by atoms with Crippen LogP contribution in [0.5, 0.6) is 0 Å². The molecule has 6 heteroatoms. The van der Waals surface area contributed by atoms with Crippen molar-refractivity contribution in [1.82, 2.24) is 10.3 Å². The predicted molar refractivity (Wildman–Crippen MR) is 79.3 cm³/mol. The summed E-state index contributed by atoms with van der Waals surface area (Å²) in [5.74, 6) is -0.113. The molecule has 2 N–H and O–H groups in total. The van der Waals surface area contributed by atoms with Crippen LogP contribution < -0.4 is 5.32 Å². The van der Waals surface area contributed by atoms with E-state index in [-0.39, 0.29) is 23.2 Å². The lowest BCUT2D eigenvalue weighted by Crippen LogP contribution is -2.28. The molecule has 0 saturated carbocycles. The highest BCUT2D eigenvalue weighted by atomic mass is 16.6. The Morgan fingerprint density at radius 1 is 1.38 bits per heavy atom. The summed E-state index contributed by atoms with van der Waals surface area (Å²) in [5.41, 5.74) is 1.25. The van der Waals surface area contributed by atoms with Crippen molar-refractivity contribution in [2.45, 2.75) is 19.3 Å². The number of hydrogen-bond acceptors (Lipinski definition) is 3. The standard InChI is InChI=1S/C15H17N3O3/c1-2-11(12-6-4-3-5-7-12)9-17-15(19)14-8-13(10-16-14)18(20)21/h3-8,10-11,16H,2,9H2,1H3,(H,17,19)/t11-/m0/s1. The Labute approximate surface area is 122 Å². The minimum absolute atomic E-state index is 0.116. The summed E-state index contributed by atoms with van der Waals surface area (Å²) in [6, 6.07) is 11.2. The Kier molecular flexibility index (Phi) is 4.71. The molecule has 0 spiro atoms. The highest BCUT2D eigenvalue weighted by Gasteiger charge is 2.16. The molecule has 110 valence electrons. The lowest BCUT2D eigenvalue weighted by Gasteiger charge is -2.15. The van der Waals surface area contributed by atoms with Crippen LogP contribution in [0.1, 0.15) is 35.3 Å². The zero-order valence-electron chi connectivity index (χ0n) is 11.7. The van der Waals surface area contributed by atoms with E-state index in [1.807, 2.05) is 30.3 Å². The number of nitro groups is 1. The normalized spacial score (nSPS) is 11.9. The van der Waals surface area contributed by atoms with Crippen molar-refractivity contribution in [2.24, 2.45) is 0 Å². The first kappa shape index (κ1) is 14.8. The molecule has 1 amide bonds. The maximum atomic E-state index is 12.0. The van der Waals surface area contributed by atoms with Gasteiger partial charge in [0, 0.05) is 18.5 Å². The second kappa shape index (κ2) is 6.69. The van der Waals surface area contributed by atoms with Gasteiger partial charge in [0.25, 0.3) is 11.6 Å². The highest BCUT2D eigenvalue weighted by molar-refractivity contribution is 5.93. The maximum Gasteiger partial charge on any atom is 0.287 e. The van der Waals surface area contributed by atoms with Gasteiger partial charge in [0.05, 0.1) is 11.1 Å². The van der Waals surface area contributed by atoms with Gasteiger partial charge in [0.1, 0.15) is 5.69 Å². The van der Waals surface area contributed by atoms with Crippen LogP contribution in [0, 0.1) is 10.1 Å². The number of aromatic amines is 1. The van der Waals surface area contributed by atoms with Crippen LogP contribution in [0.25, 0.3) is 0 Å². The molecule has 1 aromatic heterocycles. The fourth-order valence-electron chi connectivity index (χ4n) is 2.15. The molecule has 0 fully saturated rings. The Morgan fingerprint density at radius 2 is 2.10 bits per heavy atom. The fraction of sp³-hybridized carbons (Fsp3) is 0.267. The largest absolute Gasteiger partial charge is 0.351 e. The first-order valence-corrected chi connectivity index (χ1v) is 6.77. The summed E-state index contributed by atoms with van der Waals surface area (Å²) in [4.78, 5) is 24.6. The van der Waals surface area contributed by atoms with E-state index in [0.29, 0.717) is 6.54 Å². The van der Waals surface area contributed by atoms with Gasteiger partial charge in [-0.05, 0) is 12.0 Å². The first-order chi connectivity index (χ1) is 10.1. The van der Waals surface area contributed by atoms with Crippen molar-refractivity contribution in [3.05, 3.63) is 64.0 Å². The zero-order valence-corrected chi connectivity index (χ0v) is 11.7. The molecule has 0 unspecified atom stereocenters. The molecule has 1 heterocycles. The van der Waals surface area contributed by atoms with Gasteiger partial charge in [0.2, 0.25) is 0 Å². The molecule has 2 rings (SSSR count). The van der Waals surface area contributed by atoms with E-state index >= 15 is 0 Å². The molecule has 0 saturated heterocycles. The monoisotopic (exact) mass is 287 g/mol. The summed E-state index contributed by atoms with van der Waals surface area (Å²) < 4.78 is 0. The lowest BCUT2D eigenvalue weighted by molar-refractivity contribution is -0.384. The molecular formula is C15H17N3O3. The summed E-state index contributed by atoms with van der Waals surface area (Å²) in [6.45, 7) is 2.55. The summed E-state index contributed by atoms with van der Waals surface area (Å²) >= 11 is 0. The molecule has 0 bridgehead atoms. The number of amides is 1. The third-order valence-corrected chi connectivity index (χ3v) is 3.40. The highest BCUT2D eigenvalue weighted by Crippen LogP contribution is 2.18. The Morgan fingerprint density at radius 3 is 2.67 bits per heavy atom. The fourth-order valence-corrected chi connectivity index (χ4v) is 2.15. The molecule has 0 radical (unpaired) electrons. The van der Waals surface area contributed by atoms with E-state index in [1.165, 1.54) is 12.3 Å². The van der Waals surface area contributed by atoms with Crippen molar-refractivity contribution < 1.29 is 9.72 Å². The van der Waals surface area contributed by atoms with Crippen LogP contribution in [0.4, 0.5) is 5.69 Å². The zero-order chi connectivity index (χ0) is 15.2. The van der Waals surface area contributed by atoms with E-state index in [1.54, 1.807) is 0 Å². The maximum absolute atomic E-state index is 12.0. The van der Waals surface area contributed by atoms with Crippen molar-refractivity contribution in [2.75, 3.05) is 6.54 Å². The number of rotatable bonds is 6. The average molecular weight is 287 g/mol. The topological polar surface area (TPSA) is 88.0 Å². The molecule has 1 aromatic carbocycles. The average Bonchev–Trinajstić information content (AvgIpc) is 2.99. The first-order valence-electron chi connectivity index (χ1n) is 6.77.